The van der Waals surface area contributed by atoms with E-state index >= 15 is 0 Å². The van der Waals surface area contributed by atoms with Crippen molar-refractivity contribution in [3.63, 3.8) is 0 Å². The second kappa shape index (κ2) is 4.26. The maximum atomic E-state index is 12.3. The molecule has 0 aliphatic heterocycles. The number of benzene rings is 1. The topological polar surface area (TPSA) is 34.9 Å². The van der Waals surface area contributed by atoms with Gasteiger partial charge in [0.05, 0.1) is 17.2 Å². The highest BCUT2D eigenvalue weighted by Crippen LogP contribution is 2.28. The van der Waals surface area contributed by atoms with Gasteiger partial charge >= 0.3 is 0 Å². The van der Waals surface area contributed by atoms with Crippen molar-refractivity contribution < 1.29 is 0 Å². The van der Waals surface area contributed by atoms with Crippen molar-refractivity contribution in [3.8, 4) is 0 Å². The fourth-order valence-corrected chi connectivity index (χ4v) is 2.90. The van der Waals surface area contributed by atoms with Gasteiger partial charge in [-0.2, -0.15) is 0 Å². The van der Waals surface area contributed by atoms with Crippen LogP contribution >= 0.6 is 15.9 Å². The molecule has 88 valence electrons. The molecule has 1 heterocycles. The summed E-state index contributed by atoms with van der Waals surface area (Å²) in [5.41, 5.74) is 0.855. The Bertz CT molecular complexity index is 614. The molecule has 0 bridgehead atoms. The molecule has 0 unspecified atom stereocenters. The van der Waals surface area contributed by atoms with Gasteiger partial charge in [0.2, 0.25) is 0 Å². The molecule has 4 heteroatoms. The van der Waals surface area contributed by atoms with Crippen LogP contribution in [-0.4, -0.2) is 9.55 Å². The highest BCUT2D eigenvalue weighted by Gasteiger charge is 2.18. The van der Waals surface area contributed by atoms with E-state index in [0.717, 1.165) is 22.8 Å². The van der Waals surface area contributed by atoms with Gasteiger partial charge < -0.3 is 0 Å². The van der Waals surface area contributed by atoms with Gasteiger partial charge in [-0.1, -0.05) is 28.8 Å². The smallest absolute Gasteiger partial charge is 0.261 e. The predicted octanol–water partition coefficient (Wildman–Crippen LogP) is 3.27. The van der Waals surface area contributed by atoms with Gasteiger partial charge in [-0.3, -0.25) is 9.36 Å². The van der Waals surface area contributed by atoms with Crippen LogP contribution in [0.1, 0.15) is 31.7 Å². The lowest BCUT2D eigenvalue weighted by molar-refractivity contribution is 0.499. The van der Waals surface area contributed by atoms with Crippen LogP contribution in [0.15, 0.2) is 33.8 Å². The lowest BCUT2D eigenvalue weighted by Crippen LogP contribution is -2.23. The summed E-state index contributed by atoms with van der Waals surface area (Å²) in [7, 11) is 0. The van der Waals surface area contributed by atoms with Gasteiger partial charge in [0.15, 0.2) is 0 Å². The third-order valence-electron chi connectivity index (χ3n) is 3.46. The Morgan fingerprint density at radius 1 is 1.29 bits per heavy atom. The van der Waals surface area contributed by atoms with E-state index in [9.17, 15) is 4.79 Å². The van der Waals surface area contributed by atoms with Crippen LogP contribution in [0.25, 0.3) is 10.9 Å². The molecule has 17 heavy (non-hydrogen) atoms. The number of nitrogens with zero attached hydrogens (tertiary/aromatic N) is 2. The highest BCUT2D eigenvalue weighted by molar-refractivity contribution is 9.10. The molecule has 1 fully saturated rings. The predicted molar refractivity (Wildman–Crippen MR) is 71.2 cm³/mol. The first-order chi connectivity index (χ1) is 8.25. The summed E-state index contributed by atoms with van der Waals surface area (Å²) in [6.45, 7) is 0. The Morgan fingerprint density at radius 3 is 2.82 bits per heavy atom. The fourth-order valence-electron chi connectivity index (χ4n) is 2.55. The van der Waals surface area contributed by atoms with Crippen LogP contribution in [-0.2, 0) is 0 Å². The first-order valence-corrected chi connectivity index (χ1v) is 6.71. The number of hydrogen-bond acceptors (Lipinski definition) is 2. The summed E-state index contributed by atoms with van der Waals surface area (Å²) in [6.07, 6.45) is 6.34. The minimum Gasteiger partial charge on any atom is -0.296 e. The molecule has 1 aromatic carbocycles. The van der Waals surface area contributed by atoms with E-state index in [-0.39, 0.29) is 5.56 Å². The van der Waals surface area contributed by atoms with Gasteiger partial charge in [-0.05, 0) is 31.0 Å². The molecule has 2 aromatic rings. The van der Waals surface area contributed by atoms with Crippen LogP contribution in [0.4, 0.5) is 0 Å². The quantitative estimate of drug-likeness (QED) is 0.808. The molecular formula is C13H13BrN2O. The van der Waals surface area contributed by atoms with E-state index < -0.39 is 0 Å². The number of rotatable bonds is 1. The minimum atomic E-state index is 0.0920. The normalized spacial score (nSPS) is 16.8. The Hall–Kier alpha value is -1.16. The van der Waals surface area contributed by atoms with Gasteiger partial charge in [0, 0.05) is 10.5 Å². The molecule has 0 N–H and O–H groups in total. The van der Waals surface area contributed by atoms with Crippen LogP contribution in [0.5, 0.6) is 0 Å². The summed E-state index contributed by atoms with van der Waals surface area (Å²) < 4.78 is 2.76. The first-order valence-electron chi connectivity index (χ1n) is 5.92. The molecule has 0 saturated heterocycles. The number of fused-ring (bicyclic) bond motifs is 1. The molecule has 0 radical (unpaired) electrons. The Balaban J connectivity index is 2.18. The summed E-state index contributed by atoms with van der Waals surface area (Å²) in [5, 5.41) is 0.711. The Labute approximate surface area is 108 Å². The van der Waals surface area contributed by atoms with Crippen molar-refractivity contribution in [2.24, 2.45) is 0 Å². The Morgan fingerprint density at radius 2 is 2.06 bits per heavy atom. The molecule has 0 atom stereocenters. The highest BCUT2D eigenvalue weighted by atomic mass is 79.9. The van der Waals surface area contributed by atoms with E-state index in [1.165, 1.54) is 12.8 Å². The third-order valence-corrected chi connectivity index (χ3v) is 3.96. The molecule has 1 saturated carbocycles. The Kier molecular flexibility index (Phi) is 2.74. The summed E-state index contributed by atoms with van der Waals surface area (Å²) in [4.78, 5) is 16.7. The molecule has 0 spiro atoms. The zero-order chi connectivity index (χ0) is 11.8. The summed E-state index contributed by atoms with van der Waals surface area (Å²) in [5.74, 6) is 0. The molecule has 3 nitrogen and oxygen atoms in total. The number of aromatic nitrogens is 2. The lowest BCUT2D eigenvalue weighted by atomic mass is 10.2. The van der Waals surface area contributed by atoms with Crippen LogP contribution in [0.2, 0.25) is 0 Å². The zero-order valence-electron chi connectivity index (χ0n) is 9.40. The second-order valence-corrected chi connectivity index (χ2v) is 5.47. The maximum Gasteiger partial charge on any atom is 0.261 e. The number of hydrogen-bond donors (Lipinski definition) is 0. The van der Waals surface area contributed by atoms with Crippen molar-refractivity contribution in [3.05, 3.63) is 39.4 Å². The maximum absolute atomic E-state index is 12.3. The van der Waals surface area contributed by atoms with Crippen molar-refractivity contribution in [2.45, 2.75) is 31.7 Å². The minimum absolute atomic E-state index is 0.0920. The molecule has 0 amide bonds. The SMILES string of the molecule is O=c1c2ccc(Br)cc2ncn1C1CCCC1. The first kappa shape index (κ1) is 11.0. The zero-order valence-corrected chi connectivity index (χ0v) is 11.0. The van der Waals surface area contributed by atoms with E-state index in [1.807, 2.05) is 22.8 Å². The van der Waals surface area contributed by atoms with Crippen molar-refractivity contribution in [1.82, 2.24) is 9.55 Å². The standard InChI is InChI=1S/C13H13BrN2O/c14-9-5-6-11-12(7-9)15-8-16(13(11)17)10-3-1-2-4-10/h5-8,10H,1-4H2. The van der Waals surface area contributed by atoms with E-state index in [4.69, 9.17) is 0 Å². The lowest BCUT2D eigenvalue weighted by Gasteiger charge is -2.13. The molecule has 1 aromatic heterocycles. The monoisotopic (exact) mass is 292 g/mol. The van der Waals surface area contributed by atoms with Gasteiger partial charge in [-0.15, -0.1) is 0 Å². The average molecular weight is 293 g/mol. The van der Waals surface area contributed by atoms with Crippen LogP contribution in [0.3, 0.4) is 0 Å². The van der Waals surface area contributed by atoms with Crippen LogP contribution < -0.4 is 5.56 Å². The van der Waals surface area contributed by atoms with Crippen molar-refractivity contribution in [1.29, 1.82) is 0 Å². The van der Waals surface area contributed by atoms with Gasteiger partial charge in [0.1, 0.15) is 0 Å². The third kappa shape index (κ3) is 1.90. The fraction of sp³-hybridized carbons (Fsp3) is 0.385. The molecular weight excluding hydrogens is 280 g/mol. The molecule has 1 aliphatic carbocycles. The number of halogens is 1. The van der Waals surface area contributed by atoms with E-state index in [2.05, 4.69) is 20.9 Å². The average Bonchev–Trinajstić information content (AvgIpc) is 2.82. The summed E-state index contributed by atoms with van der Waals surface area (Å²) >= 11 is 3.39. The van der Waals surface area contributed by atoms with Crippen LogP contribution in [0, 0.1) is 0 Å². The van der Waals surface area contributed by atoms with Gasteiger partial charge in [-0.25, -0.2) is 4.98 Å². The van der Waals surface area contributed by atoms with Gasteiger partial charge in [0.25, 0.3) is 5.56 Å². The van der Waals surface area contributed by atoms with Crippen molar-refractivity contribution in [2.75, 3.05) is 0 Å². The second-order valence-electron chi connectivity index (χ2n) is 4.56. The van der Waals surface area contributed by atoms with Crippen molar-refractivity contribution >= 4 is 26.8 Å². The molecule has 1 aliphatic rings. The largest absolute Gasteiger partial charge is 0.296 e. The van der Waals surface area contributed by atoms with E-state index in [1.54, 1.807) is 6.33 Å². The summed E-state index contributed by atoms with van der Waals surface area (Å²) in [6, 6.07) is 5.98. The van der Waals surface area contributed by atoms with E-state index in [0.29, 0.717) is 11.4 Å². The molecule has 3 rings (SSSR count).